The molecule has 0 aliphatic rings. The van der Waals surface area contributed by atoms with Gasteiger partial charge >= 0.3 is 5.97 Å². The van der Waals surface area contributed by atoms with Crippen LogP contribution in [0.25, 0.3) is 0 Å². The molecule has 1 aromatic carbocycles. The van der Waals surface area contributed by atoms with E-state index in [2.05, 4.69) is 4.99 Å². The van der Waals surface area contributed by atoms with E-state index in [1.165, 1.54) is 7.11 Å². The minimum absolute atomic E-state index is 0.283. The third-order valence-corrected chi connectivity index (χ3v) is 2.54. The first-order chi connectivity index (χ1) is 8.69. The zero-order chi connectivity index (χ0) is 13.4. The molecule has 18 heavy (non-hydrogen) atoms. The molecule has 0 aliphatic heterocycles. The number of benzene rings is 1. The molecular weight excluding hydrogens is 228 g/mol. The maximum absolute atomic E-state index is 11.5. The fourth-order valence-corrected chi connectivity index (χ4v) is 1.56. The Morgan fingerprint density at radius 3 is 2.67 bits per heavy atom. The van der Waals surface area contributed by atoms with Gasteiger partial charge in [0.25, 0.3) is 0 Å². The smallest absolute Gasteiger partial charge is 0.330 e. The van der Waals surface area contributed by atoms with Gasteiger partial charge in [-0.25, -0.2) is 4.79 Å². The number of aliphatic imine (C=N–C) groups is 1. The number of methoxy groups -OCH3 is 1. The Morgan fingerprint density at radius 2 is 2.11 bits per heavy atom. The monoisotopic (exact) mass is 244 g/mol. The second-order valence-corrected chi connectivity index (χ2v) is 3.82. The quantitative estimate of drug-likeness (QED) is 0.590. The minimum atomic E-state index is -0.602. The van der Waals surface area contributed by atoms with Crippen molar-refractivity contribution in [2.24, 2.45) is 4.99 Å². The summed E-state index contributed by atoms with van der Waals surface area (Å²) in [6, 6.07) is 11.0. The van der Waals surface area contributed by atoms with Gasteiger partial charge in [-0.05, 0) is 18.9 Å². The number of hydrogen-bond donors (Lipinski definition) is 0. The van der Waals surface area contributed by atoms with Crippen LogP contribution in [0, 0.1) is 11.3 Å². The highest BCUT2D eigenvalue weighted by molar-refractivity contribution is 5.99. The summed E-state index contributed by atoms with van der Waals surface area (Å²) in [6.45, 7) is 1.84. The Morgan fingerprint density at radius 1 is 1.44 bits per heavy atom. The molecule has 0 saturated heterocycles. The van der Waals surface area contributed by atoms with Crippen molar-refractivity contribution in [3.63, 3.8) is 0 Å². The predicted octanol–water partition coefficient (Wildman–Crippen LogP) is 2.34. The summed E-state index contributed by atoms with van der Waals surface area (Å²) in [6.07, 6.45) is 0.665. The fraction of sp³-hybridized carbons (Fsp3) is 0.357. The highest BCUT2D eigenvalue weighted by atomic mass is 16.5. The maximum atomic E-state index is 11.5. The molecule has 0 heterocycles. The van der Waals surface area contributed by atoms with Gasteiger partial charge in [-0.3, -0.25) is 4.99 Å². The van der Waals surface area contributed by atoms with Crippen molar-refractivity contribution < 1.29 is 9.53 Å². The van der Waals surface area contributed by atoms with Gasteiger partial charge in [0.2, 0.25) is 0 Å². The van der Waals surface area contributed by atoms with Crippen LogP contribution in [0.15, 0.2) is 35.3 Å². The second kappa shape index (κ2) is 7.23. The second-order valence-electron chi connectivity index (χ2n) is 3.82. The van der Waals surface area contributed by atoms with E-state index >= 15 is 0 Å². The molecule has 0 aliphatic carbocycles. The Balaban J connectivity index is 2.87. The lowest BCUT2D eigenvalue weighted by atomic mass is 10.1. The summed E-state index contributed by atoms with van der Waals surface area (Å²) in [5.74, 6) is -0.402. The van der Waals surface area contributed by atoms with Gasteiger partial charge in [-0.1, -0.05) is 30.3 Å². The van der Waals surface area contributed by atoms with Crippen molar-refractivity contribution in [3.8, 4) is 6.07 Å². The van der Waals surface area contributed by atoms with Gasteiger partial charge in [-0.15, -0.1) is 0 Å². The topological polar surface area (TPSA) is 62.5 Å². The van der Waals surface area contributed by atoms with Gasteiger partial charge in [0.05, 0.1) is 13.2 Å². The first-order valence-corrected chi connectivity index (χ1v) is 5.73. The van der Waals surface area contributed by atoms with E-state index in [0.717, 1.165) is 11.3 Å². The lowest BCUT2D eigenvalue weighted by Gasteiger charge is -2.10. The number of ether oxygens (including phenoxy) is 1. The highest BCUT2D eigenvalue weighted by Gasteiger charge is 2.17. The molecule has 4 heteroatoms. The van der Waals surface area contributed by atoms with Gasteiger partial charge in [-0.2, -0.15) is 5.26 Å². The number of hydrogen-bond acceptors (Lipinski definition) is 4. The summed E-state index contributed by atoms with van der Waals surface area (Å²) >= 11 is 0. The van der Waals surface area contributed by atoms with E-state index in [1.807, 2.05) is 43.3 Å². The number of nitriles is 1. The molecule has 0 saturated carbocycles. The van der Waals surface area contributed by atoms with Crippen molar-refractivity contribution >= 4 is 11.7 Å². The largest absolute Gasteiger partial charge is 0.467 e. The summed E-state index contributed by atoms with van der Waals surface area (Å²) in [5.41, 5.74) is 1.73. The Hall–Kier alpha value is -2.15. The molecule has 1 aromatic rings. The highest BCUT2D eigenvalue weighted by Crippen LogP contribution is 2.08. The molecule has 0 aromatic heterocycles. The molecule has 0 radical (unpaired) electrons. The molecule has 0 N–H and O–H groups in total. The summed E-state index contributed by atoms with van der Waals surface area (Å²) in [7, 11) is 1.33. The normalized spacial score (nSPS) is 12.6. The van der Waals surface area contributed by atoms with E-state index in [1.54, 1.807) is 0 Å². The summed E-state index contributed by atoms with van der Waals surface area (Å²) < 4.78 is 4.69. The van der Waals surface area contributed by atoms with Crippen LogP contribution < -0.4 is 0 Å². The lowest BCUT2D eigenvalue weighted by Crippen LogP contribution is -2.21. The van der Waals surface area contributed by atoms with E-state index < -0.39 is 12.0 Å². The molecule has 0 spiro atoms. The minimum Gasteiger partial charge on any atom is -0.467 e. The van der Waals surface area contributed by atoms with Crippen LogP contribution in [-0.4, -0.2) is 24.8 Å². The lowest BCUT2D eigenvalue weighted by molar-refractivity contribution is -0.142. The van der Waals surface area contributed by atoms with Crippen LogP contribution in [0.1, 0.15) is 25.3 Å². The zero-order valence-electron chi connectivity index (χ0n) is 10.6. The zero-order valence-corrected chi connectivity index (χ0v) is 10.6. The third kappa shape index (κ3) is 4.02. The fourth-order valence-electron chi connectivity index (χ4n) is 1.56. The first kappa shape index (κ1) is 13.9. The van der Waals surface area contributed by atoms with Crippen LogP contribution in [0.5, 0.6) is 0 Å². The van der Waals surface area contributed by atoms with E-state index in [4.69, 9.17) is 10.00 Å². The maximum Gasteiger partial charge on any atom is 0.330 e. The van der Waals surface area contributed by atoms with E-state index in [0.29, 0.717) is 6.42 Å². The molecule has 1 rings (SSSR count). The average molecular weight is 244 g/mol. The number of esters is 1. The predicted molar refractivity (Wildman–Crippen MR) is 69.3 cm³/mol. The van der Waals surface area contributed by atoms with Gasteiger partial charge in [0.1, 0.15) is 6.04 Å². The van der Waals surface area contributed by atoms with E-state index in [-0.39, 0.29) is 6.42 Å². The van der Waals surface area contributed by atoms with Crippen LogP contribution in [0.2, 0.25) is 0 Å². The van der Waals surface area contributed by atoms with Crippen molar-refractivity contribution in [3.05, 3.63) is 35.9 Å². The molecule has 4 nitrogen and oxygen atoms in total. The standard InChI is InChI=1S/C14H16N2O2/c1-11(12-7-4-3-5-8-12)16-13(9-6-10-15)14(17)18-2/h3-5,7-8,13H,6,9H2,1-2H3/t13-/m0/s1. The van der Waals surface area contributed by atoms with Crippen molar-refractivity contribution in [2.45, 2.75) is 25.8 Å². The van der Waals surface area contributed by atoms with Crippen LogP contribution in [-0.2, 0) is 9.53 Å². The average Bonchev–Trinajstić information content (AvgIpc) is 2.43. The van der Waals surface area contributed by atoms with Crippen molar-refractivity contribution in [2.75, 3.05) is 7.11 Å². The molecule has 1 atom stereocenters. The van der Waals surface area contributed by atoms with E-state index in [9.17, 15) is 4.79 Å². The van der Waals surface area contributed by atoms with Gasteiger partial charge < -0.3 is 4.74 Å². The number of rotatable bonds is 5. The molecular formula is C14H16N2O2. The number of carbonyl (C=O) groups is 1. The molecule has 0 amide bonds. The Labute approximate surface area is 107 Å². The van der Waals surface area contributed by atoms with Gasteiger partial charge in [0, 0.05) is 12.1 Å². The van der Waals surface area contributed by atoms with Crippen LogP contribution in [0.4, 0.5) is 0 Å². The van der Waals surface area contributed by atoms with Crippen molar-refractivity contribution in [1.82, 2.24) is 0 Å². The van der Waals surface area contributed by atoms with Gasteiger partial charge in [0.15, 0.2) is 0 Å². The number of nitrogens with zero attached hydrogens (tertiary/aromatic N) is 2. The third-order valence-electron chi connectivity index (χ3n) is 2.54. The number of carbonyl (C=O) groups excluding carboxylic acids is 1. The molecule has 0 fully saturated rings. The molecule has 94 valence electrons. The molecule has 0 bridgehead atoms. The Kier molecular flexibility index (Phi) is 5.59. The Bertz CT molecular complexity index is 460. The van der Waals surface area contributed by atoms with Crippen LogP contribution in [0.3, 0.4) is 0 Å². The van der Waals surface area contributed by atoms with Crippen LogP contribution >= 0.6 is 0 Å². The SMILES string of the molecule is COC(=O)[C@H](CCC#N)N=C(C)c1ccccc1. The molecule has 0 unspecified atom stereocenters. The first-order valence-electron chi connectivity index (χ1n) is 5.73. The summed E-state index contributed by atoms with van der Waals surface area (Å²) in [4.78, 5) is 15.9. The van der Waals surface area contributed by atoms with Crippen molar-refractivity contribution in [1.29, 1.82) is 5.26 Å². The summed E-state index contributed by atoms with van der Waals surface area (Å²) in [5, 5.41) is 8.57.